The van der Waals surface area contributed by atoms with Crippen LogP contribution in [0.3, 0.4) is 0 Å². The van der Waals surface area contributed by atoms with E-state index in [0.717, 1.165) is 5.71 Å². The van der Waals surface area contributed by atoms with E-state index in [1.165, 1.54) is 6.33 Å². The third-order valence-corrected chi connectivity index (χ3v) is 1.27. The summed E-state index contributed by atoms with van der Waals surface area (Å²) < 4.78 is 4.89. The van der Waals surface area contributed by atoms with Crippen LogP contribution in [0.5, 0.6) is 0 Å². The molecule has 1 aliphatic rings. The Kier molecular flexibility index (Phi) is 1.53. The largest absolute Gasteiger partial charge is 0.369 e. The van der Waals surface area contributed by atoms with Gasteiger partial charge in [0, 0.05) is 0 Å². The van der Waals surface area contributed by atoms with Crippen molar-refractivity contribution < 1.29 is 4.74 Å². The van der Waals surface area contributed by atoms with Crippen LogP contribution in [0.2, 0.25) is 0 Å². The zero-order chi connectivity index (χ0) is 7.52. The first kappa shape index (κ1) is 6.29. The first-order valence-corrected chi connectivity index (χ1v) is 3.20. The molecule has 1 aromatic rings. The predicted molar refractivity (Wildman–Crippen MR) is 38.3 cm³/mol. The van der Waals surface area contributed by atoms with Gasteiger partial charge in [-0.3, -0.25) is 0 Å². The molecule has 11 heavy (non-hydrogen) atoms. The summed E-state index contributed by atoms with van der Waals surface area (Å²) in [6.45, 7) is 1.22. The third kappa shape index (κ3) is 1.35. The maximum atomic E-state index is 4.89. The molecule has 2 rings (SSSR count). The van der Waals surface area contributed by atoms with Crippen LogP contribution >= 0.6 is 0 Å². The fraction of sp³-hybridized carbons (Fsp3) is 0.400. The molecule has 0 aromatic carbocycles. The molecule has 2 heterocycles. The Labute approximate surface area is 62.7 Å². The maximum absolute atomic E-state index is 4.89. The number of rotatable bonds is 2. The van der Waals surface area contributed by atoms with Crippen molar-refractivity contribution in [3.8, 4) is 0 Å². The molecule has 0 spiro atoms. The van der Waals surface area contributed by atoms with Gasteiger partial charge in [-0.2, -0.15) is 15.2 Å². The first-order chi connectivity index (χ1) is 5.45. The highest BCUT2D eigenvalue weighted by atomic mass is 16.5. The summed E-state index contributed by atoms with van der Waals surface area (Å²) in [5, 5.41) is 10.2. The first-order valence-electron chi connectivity index (χ1n) is 3.20. The van der Waals surface area contributed by atoms with Crippen molar-refractivity contribution in [1.29, 1.82) is 0 Å². The van der Waals surface area contributed by atoms with Gasteiger partial charge in [0.25, 0.3) is 0 Å². The van der Waals surface area contributed by atoms with E-state index in [-0.39, 0.29) is 0 Å². The van der Waals surface area contributed by atoms with Gasteiger partial charge in [-0.1, -0.05) is 0 Å². The van der Waals surface area contributed by atoms with E-state index >= 15 is 0 Å². The van der Waals surface area contributed by atoms with Crippen LogP contribution in [0, 0.1) is 0 Å². The minimum atomic E-state index is 0.546. The van der Waals surface area contributed by atoms with E-state index in [0.29, 0.717) is 19.2 Å². The standard InChI is InChI=1S/C5H7N5O/c1-4(2-11-1)8-10-5-6-3-7-9-5/h3H,1-2H2,(H2,6,7,9,10). The van der Waals surface area contributed by atoms with Crippen molar-refractivity contribution in [2.45, 2.75) is 0 Å². The van der Waals surface area contributed by atoms with E-state index in [9.17, 15) is 0 Å². The summed E-state index contributed by atoms with van der Waals surface area (Å²) in [4.78, 5) is 3.82. The highest BCUT2D eigenvalue weighted by Gasteiger charge is 2.09. The van der Waals surface area contributed by atoms with E-state index in [1.807, 2.05) is 0 Å². The van der Waals surface area contributed by atoms with E-state index in [4.69, 9.17) is 4.74 Å². The van der Waals surface area contributed by atoms with Gasteiger partial charge in [-0.25, -0.2) is 10.5 Å². The lowest BCUT2D eigenvalue weighted by Gasteiger charge is -2.14. The molecule has 2 N–H and O–H groups in total. The number of H-pyrrole nitrogens is 1. The Balaban J connectivity index is 1.91. The van der Waals surface area contributed by atoms with E-state index in [2.05, 4.69) is 25.7 Å². The Morgan fingerprint density at radius 1 is 1.64 bits per heavy atom. The average Bonchev–Trinajstić information content (AvgIpc) is 2.36. The van der Waals surface area contributed by atoms with E-state index < -0.39 is 0 Å². The summed E-state index contributed by atoms with van der Waals surface area (Å²) in [5.74, 6) is 0.546. The number of anilines is 1. The molecule has 1 fully saturated rings. The van der Waals surface area contributed by atoms with Crippen LogP contribution in [0.1, 0.15) is 0 Å². The molecule has 0 atom stereocenters. The molecule has 0 aliphatic carbocycles. The van der Waals surface area contributed by atoms with Gasteiger partial charge in [0.15, 0.2) is 0 Å². The van der Waals surface area contributed by atoms with Crippen LogP contribution in [0.4, 0.5) is 5.95 Å². The highest BCUT2D eigenvalue weighted by molar-refractivity contribution is 5.90. The van der Waals surface area contributed by atoms with Gasteiger partial charge in [0.1, 0.15) is 6.33 Å². The van der Waals surface area contributed by atoms with Crippen LogP contribution in [-0.2, 0) is 4.74 Å². The summed E-state index contributed by atoms with van der Waals surface area (Å²) in [6, 6.07) is 0. The quantitative estimate of drug-likeness (QED) is 0.567. The Morgan fingerprint density at radius 2 is 2.55 bits per heavy atom. The summed E-state index contributed by atoms with van der Waals surface area (Å²) in [5.41, 5.74) is 3.69. The summed E-state index contributed by atoms with van der Waals surface area (Å²) >= 11 is 0. The monoisotopic (exact) mass is 153 g/mol. The van der Waals surface area contributed by atoms with Gasteiger partial charge >= 0.3 is 0 Å². The van der Waals surface area contributed by atoms with Gasteiger partial charge in [-0.15, -0.1) is 0 Å². The molecule has 0 radical (unpaired) electrons. The van der Waals surface area contributed by atoms with Crippen molar-refractivity contribution in [2.75, 3.05) is 18.6 Å². The smallest absolute Gasteiger partial charge is 0.239 e. The number of hydrogen-bond acceptors (Lipinski definition) is 5. The molecule has 1 aromatic heterocycles. The molecule has 0 unspecified atom stereocenters. The number of aromatic amines is 1. The average molecular weight is 153 g/mol. The van der Waals surface area contributed by atoms with Crippen LogP contribution < -0.4 is 5.43 Å². The number of nitrogens with zero attached hydrogens (tertiary/aromatic N) is 3. The molecular weight excluding hydrogens is 146 g/mol. The van der Waals surface area contributed by atoms with Crippen LogP contribution in [0.25, 0.3) is 0 Å². The zero-order valence-corrected chi connectivity index (χ0v) is 5.74. The Bertz CT molecular complexity index is 248. The molecule has 6 heteroatoms. The second kappa shape index (κ2) is 2.67. The molecule has 1 saturated heterocycles. The van der Waals surface area contributed by atoms with Crippen LogP contribution in [0.15, 0.2) is 11.4 Å². The maximum Gasteiger partial charge on any atom is 0.239 e. The zero-order valence-electron chi connectivity index (χ0n) is 5.74. The molecule has 58 valence electrons. The number of hydrazone groups is 1. The third-order valence-electron chi connectivity index (χ3n) is 1.27. The minimum Gasteiger partial charge on any atom is -0.369 e. The van der Waals surface area contributed by atoms with Crippen molar-refractivity contribution >= 4 is 11.7 Å². The number of ether oxygens (including phenoxy) is 1. The Morgan fingerprint density at radius 3 is 3.09 bits per heavy atom. The SMILES string of the molecule is c1n[nH]c(NN=C2COC2)n1. The van der Waals surface area contributed by atoms with Gasteiger partial charge in [0.2, 0.25) is 5.95 Å². The second-order valence-corrected chi connectivity index (χ2v) is 2.12. The number of aromatic nitrogens is 3. The fourth-order valence-electron chi connectivity index (χ4n) is 0.649. The van der Waals surface area contributed by atoms with Gasteiger partial charge < -0.3 is 4.74 Å². The number of hydrogen-bond donors (Lipinski definition) is 2. The summed E-state index contributed by atoms with van der Waals surface area (Å²) in [6.07, 6.45) is 1.42. The lowest BCUT2D eigenvalue weighted by atomic mass is 10.3. The van der Waals surface area contributed by atoms with Crippen molar-refractivity contribution in [2.24, 2.45) is 5.10 Å². The predicted octanol–water partition coefficient (Wildman–Crippen LogP) is -0.397. The molecule has 0 bridgehead atoms. The molecular formula is C5H7N5O. The van der Waals surface area contributed by atoms with Crippen molar-refractivity contribution in [3.05, 3.63) is 6.33 Å². The molecule has 1 aliphatic heterocycles. The minimum absolute atomic E-state index is 0.546. The van der Waals surface area contributed by atoms with Crippen molar-refractivity contribution in [3.63, 3.8) is 0 Å². The molecule has 6 nitrogen and oxygen atoms in total. The van der Waals surface area contributed by atoms with Gasteiger partial charge in [-0.05, 0) is 0 Å². The van der Waals surface area contributed by atoms with Crippen LogP contribution in [-0.4, -0.2) is 34.1 Å². The second-order valence-electron chi connectivity index (χ2n) is 2.12. The normalized spacial score (nSPS) is 15.8. The Hall–Kier alpha value is -1.43. The fourth-order valence-corrected chi connectivity index (χ4v) is 0.649. The molecule has 0 saturated carbocycles. The lowest BCUT2D eigenvalue weighted by Crippen LogP contribution is -2.28. The molecule has 0 amide bonds. The van der Waals surface area contributed by atoms with Gasteiger partial charge in [0.05, 0.1) is 18.9 Å². The van der Waals surface area contributed by atoms with Crippen molar-refractivity contribution in [1.82, 2.24) is 15.2 Å². The topological polar surface area (TPSA) is 75.2 Å². The summed E-state index contributed by atoms with van der Waals surface area (Å²) in [7, 11) is 0. The van der Waals surface area contributed by atoms with E-state index in [1.54, 1.807) is 0 Å². The lowest BCUT2D eigenvalue weighted by molar-refractivity contribution is 0.159. The number of nitrogens with one attached hydrogen (secondary N) is 2. The highest BCUT2D eigenvalue weighted by Crippen LogP contribution is 1.97.